The average molecular weight is 451 g/mol. The number of nitrogens with one attached hydrogen (secondary N) is 1. The highest BCUT2D eigenvalue weighted by Crippen LogP contribution is 2.28. The third kappa shape index (κ3) is 4.84. The molecule has 7 nitrogen and oxygen atoms in total. The van der Waals surface area contributed by atoms with Gasteiger partial charge in [0.25, 0.3) is 0 Å². The van der Waals surface area contributed by atoms with Crippen LogP contribution in [0.5, 0.6) is 0 Å². The maximum Gasteiger partial charge on any atom is 0.247 e. The smallest absolute Gasteiger partial charge is 0.247 e. The van der Waals surface area contributed by atoms with E-state index in [0.29, 0.717) is 18.7 Å². The van der Waals surface area contributed by atoms with E-state index in [2.05, 4.69) is 5.32 Å². The molecule has 1 aliphatic heterocycles. The van der Waals surface area contributed by atoms with Crippen LogP contribution >= 0.6 is 0 Å². The number of benzene rings is 2. The zero-order valence-electron chi connectivity index (χ0n) is 17.4. The second-order valence-corrected chi connectivity index (χ2v) is 9.33. The molecule has 166 valence electrons. The highest BCUT2D eigenvalue weighted by Gasteiger charge is 2.30. The van der Waals surface area contributed by atoms with Crippen LogP contribution in [-0.4, -0.2) is 39.1 Å². The molecule has 1 saturated heterocycles. The molecule has 0 spiro atoms. The van der Waals surface area contributed by atoms with Gasteiger partial charge in [-0.3, -0.25) is 13.9 Å². The molecular weight excluding hydrogens is 428 g/mol. The molecule has 0 bridgehead atoms. The molecule has 2 amide bonds. The van der Waals surface area contributed by atoms with Crippen molar-refractivity contribution in [2.75, 3.05) is 27.3 Å². The normalized spacial score (nSPS) is 15.1. The van der Waals surface area contributed by atoms with Gasteiger partial charge in [0, 0.05) is 30.4 Å². The fourth-order valence-corrected chi connectivity index (χ4v) is 4.78. The van der Waals surface area contributed by atoms with E-state index < -0.39 is 33.6 Å². The van der Waals surface area contributed by atoms with Crippen LogP contribution in [0.25, 0.3) is 0 Å². The van der Waals surface area contributed by atoms with Crippen LogP contribution in [0.3, 0.4) is 0 Å². The van der Waals surface area contributed by atoms with Gasteiger partial charge in [-0.15, -0.1) is 0 Å². The van der Waals surface area contributed by atoms with Crippen molar-refractivity contribution >= 4 is 38.9 Å². The Labute approximate surface area is 179 Å². The molecule has 0 radical (unpaired) electrons. The van der Waals surface area contributed by atoms with Crippen molar-refractivity contribution in [2.24, 2.45) is 0 Å². The third-order valence-corrected chi connectivity index (χ3v) is 6.32. The summed E-state index contributed by atoms with van der Waals surface area (Å²) in [6.45, 7) is 3.80. The summed E-state index contributed by atoms with van der Waals surface area (Å²) >= 11 is 0. The number of hydrogen-bond acceptors (Lipinski definition) is 4. The Hall–Kier alpha value is -3.01. The predicted octanol–water partition coefficient (Wildman–Crippen LogP) is 3.19. The Balaban J connectivity index is 1.83. The monoisotopic (exact) mass is 451 g/mol. The van der Waals surface area contributed by atoms with Gasteiger partial charge in [-0.1, -0.05) is 0 Å². The van der Waals surface area contributed by atoms with Crippen molar-refractivity contribution < 1.29 is 26.8 Å². The van der Waals surface area contributed by atoms with E-state index in [-0.39, 0.29) is 11.6 Å². The number of halogens is 2. The second kappa shape index (κ2) is 8.62. The van der Waals surface area contributed by atoms with Crippen molar-refractivity contribution in [3.63, 3.8) is 0 Å². The van der Waals surface area contributed by atoms with Gasteiger partial charge in [-0.2, -0.15) is 0 Å². The van der Waals surface area contributed by atoms with Crippen LogP contribution in [0.15, 0.2) is 36.4 Å². The standard InChI is InChI=1S/C21H23F2N3O4S/c1-13-11-15(6-9-19(13)25-10-4-5-20(25)27)24-21(28)14(2)26(31(3,29)30)16-7-8-17(22)18(23)12-16/h6-9,11-12,14H,4-5,10H2,1-3H3,(H,24,28)/t14-/m1/s1. The van der Waals surface area contributed by atoms with Crippen molar-refractivity contribution in [3.8, 4) is 0 Å². The molecule has 1 fully saturated rings. The van der Waals surface area contributed by atoms with Crippen LogP contribution in [-0.2, 0) is 19.6 Å². The Bertz CT molecular complexity index is 1140. The summed E-state index contributed by atoms with van der Waals surface area (Å²) in [4.78, 5) is 26.4. The molecule has 2 aromatic carbocycles. The molecule has 0 saturated carbocycles. The molecule has 1 heterocycles. The molecule has 0 unspecified atom stereocenters. The van der Waals surface area contributed by atoms with Gasteiger partial charge in [0.05, 0.1) is 11.9 Å². The first kappa shape index (κ1) is 22.7. The Morgan fingerprint density at radius 2 is 1.87 bits per heavy atom. The number of hydrogen-bond donors (Lipinski definition) is 1. The van der Waals surface area contributed by atoms with E-state index in [0.717, 1.165) is 46.4 Å². The number of carbonyl (C=O) groups excluding carboxylic acids is 2. The summed E-state index contributed by atoms with van der Waals surface area (Å²) in [5.41, 5.74) is 1.79. The summed E-state index contributed by atoms with van der Waals surface area (Å²) in [6.07, 6.45) is 2.17. The highest BCUT2D eigenvalue weighted by molar-refractivity contribution is 7.92. The summed E-state index contributed by atoms with van der Waals surface area (Å²) in [5.74, 6) is -2.95. The highest BCUT2D eigenvalue weighted by atomic mass is 32.2. The number of sulfonamides is 1. The quantitative estimate of drug-likeness (QED) is 0.731. The average Bonchev–Trinajstić information content (AvgIpc) is 3.09. The molecule has 1 atom stereocenters. The van der Waals surface area contributed by atoms with Gasteiger partial charge in [0.1, 0.15) is 6.04 Å². The van der Waals surface area contributed by atoms with E-state index >= 15 is 0 Å². The molecule has 1 aliphatic rings. The number of rotatable bonds is 6. The number of amides is 2. The largest absolute Gasteiger partial charge is 0.324 e. The zero-order valence-corrected chi connectivity index (χ0v) is 18.2. The Morgan fingerprint density at radius 1 is 1.16 bits per heavy atom. The summed E-state index contributed by atoms with van der Waals surface area (Å²) in [6, 6.07) is 6.42. The minimum atomic E-state index is -3.98. The maximum atomic E-state index is 13.7. The van der Waals surface area contributed by atoms with Gasteiger partial charge in [-0.25, -0.2) is 17.2 Å². The Morgan fingerprint density at radius 3 is 2.42 bits per heavy atom. The van der Waals surface area contributed by atoms with Crippen LogP contribution in [0.4, 0.5) is 25.8 Å². The molecule has 2 aromatic rings. The molecule has 10 heteroatoms. The topological polar surface area (TPSA) is 86.8 Å². The fourth-order valence-electron chi connectivity index (χ4n) is 3.62. The van der Waals surface area contributed by atoms with E-state index in [1.54, 1.807) is 23.1 Å². The molecule has 31 heavy (non-hydrogen) atoms. The van der Waals surface area contributed by atoms with Gasteiger partial charge < -0.3 is 10.2 Å². The number of nitrogens with zero attached hydrogens (tertiary/aromatic N) is 2. The van der Waals surface area contributed by atoms with E-state index in [1.165, 1.54) is 6.92 Å². The molecule has 1 N–H and O–H groups in total. The van der Waals surface area contributed by atoms with Crippen molar-refractivity contribution in [2.45, 2.75) is 32.7 Å². The second-order valence-electron chi connectivity index (χ2n) is 7.47. The Kier molecular flexibility index (Phi) is 6.30. The number of carbonyl (C=O) groups is 2. The van der Waals surface area contributed by atoms with Gasteiger partial charge in [0.2, 0.25) is 21.8 Å². The lowest BCUT2D eigenvalue weighted by Crippen LogP contribution is -2.45. The van der Waals surface area contributed by atoms with Crippen molar-refractivity contribution in [3.05, 3.63) is 53.6 Å². The van der Waals surface area contributed by atoms with E-state index in [1.807, 2.05) is 6.92 Å². The minimum Gasteiger partial charge on any atom is -0.324 e. The minimum absolute atomic E-state index is 0.0452. The molecule has 0 aromatic heterocycles. The fraction of sp³-hybridized carbons (Fsp3) is 0.333. The molecule has 0 aliphatic carbocycles. The van der Waals surface area contributed by atoms with Crippen molar-refractivity contribution in [1.82, 2.24) is 0 Å². The number of aryl methyl sites for hydroxylation is 1. The van der Waals surface area contributed by atoms with Crippen LogP contribution in [0.1, 0.15) is 25.3 Å². The number of anilines is 3. The van der Waals surface area contributed by atoms with Gasteiger partial charge >= 0.3 is 0 Å². The van der Waals surface area contributed by atoms with Gasteiger partial charge in [0.15, 0.2) is 11.6 Å². The summed E-state index contributed by atoms with van der Waals surface area (Å²) in [7, 11) is -3.98. The molecular formula is C21H23F2N3O4S. The van der Waals surface area contributed by atoms with Gasteiger partial charge in [-0.05, 0) is 56.2 Å². The lowest BCUT2D eigenvalue weighted by atomic mass is 10.1. The zero-order chi connectivity index (χ0) is 22.9. The maximum absolute atomic E-state index is 13.7. The third-order valence-electron chi connectivity index (χ3n) is 5.07. The lowest BCUT2D eigenvalue weighted by Gasteiger charge is -2.28. The predicted molar refractivity (Wildman–Crippen MR) is 115 cm³/mol. The first-order valence-electron chi connectivity index (χ1n) is 9.65. The van der Waals surface area contributed by atoms with Crippen LogP contribution in [0, 0.1) is 18.6 Å². The molecule has 3 rings (SSSR count). The van der Waals surface area contributed by atoms with Crippen LogP contribution < -0.4 is 14.5 Å². The van der Waals surface area contributed by atoms with Crippen molar-refractivity contribution in [1.29, 1.82) is 0 Å². The van der Waals surface area contributed by atoms with E-state index in [4.69, 9.17) is 0 Å². The van der Waals surface area contributed by atoms with Crippen LogP contribution in [0.2, 0.25) is 0 Å². The summed E-state index contributed by atoms with van der Waals surface area (Å²) in [5, 5.41) is 2.64. The summed E-state index contributed by atoms with van der Waals surface area (Å²) < 4.78 is 52.2. The first-order chi connectivity index (χ1) is 14.5. The first-order valence-corrected chi connectivity index (χ1v) is 11.5. The lowest BCUT2D eigenvalue weighted by molar-refractivity contribution is -0.117. The van der Waals surface area contributed by atoms with E-state index in [9.17, 15) is 26.8 Å². The SMILES string of the molecule is Cc1cc(NC(=O)[C@@H](C)N(c2ccc(F)c(F)c2)S(C)(=O)=O)ccc1N1CCCC1=O.